The second kappa shape index (κ2) is 6.14. The second-order valence-corrected chi connectivity index (χ2v) is 8.28. The molecule has 0 N–H and O–H groups in total. The van der Waals surface area contributed by atoms with E-state index in [0.717, 1.165) is 25.0 Å². The average molecular weight is 326 g/mol. The van der Waals surface area contributed by atoms with Gasteiger partial charge in [-0.3, -0.25) is 4.98 Å². The zero-order chi connectivity index (χ0) is 15.6. The van der Waals surface area contributed by atoms with Crippen LogP contribution in [0.3, 0.4) is 0 Å². The van der Waals surface area contributed by atoms with Crippen molar-refractivity contribution < 1.29 is 17.9 Å². The van der Waals surface area contributed by atoms with Crippen molar-refractivity contribution in [2.45, 2.75) is 25.4 Å². The van der Waals surface area contributed by atoms with Gasteiger partial charge < -0.3 is 9.47 Å². The molecule has 0 bridgehead atoms. The van der Waals surface area contributed by atoms with E-state index in [0.29, 0.717) is 26.3 Å². The quantitative estimate of drug-likeness (QED) is 0.834. The Bertz CT molecular complexity index is 597. The minimum Gasteiger partial charge on any atom is -0.489 e. The monoisotopic (exact) mass is 326 g/mol. The maximum absolute atomic E-state index is 11.6. The normalized spacial score (nSPS) is 25.4. The molecule has 7 heteroatoms. The molecule has 3 rings (SSSR count). The lowest BCUT2D eigenvalue weighted by molar-refractivity contribution is 0.0540. The maximum atomic E-state index is 11.6. The lowest BCUT2D eigenvalue weighted by Crippen LogP contribution is -2.43. The maximum Gasteiger partial charge on any atom is 0.211 e. The van der Waals surface area contributed by atoms with Crippen LogP contribution in [0.5, 0.6) is 5.75 Å². The third-order valence-corrected chi connectivity index (χ3v) is 5.91. The smallest absolute Gasteiger partial charge is 0.211 e. The first-order valence-corrected chi connectivity index (χ1v) is 9.41. The van der Waals surface area contributed by atoms with Crippen LogP contribution in [0.2, 0.25) is 0 Å². The lowest BCUT2D eigenvalue weighted by atomic mass is 9.77. The molecule has 122 valence electrons. The highest BCUT2D eigenvalue weighted by atomic mass is 32.2. The summed E-state index contributed by atoms with van der Waals surface area (Å²) >= 11 is 0. The minimum absolute atomic E-state index is 0.0741. The Morgan fingerprint density at radius 2 is 2.23 bits per heavy atom. The van der Waals surface area contributed by atoms with Crippen molar-refractivity contribution in [1.82, 2.24) is 9.29 Å². The number of nitrogens with zero attached hydrogens (tertiary/aromatic N) is 2. The number of ether oxygens (including phenoxy) is 2. The molecule has 1 aromatic rings. The predicted octanol–water partition coefficient (Wildman–Crippen LogP) is 1.29. The Hall–Kier alpha value is -1.18. The van der Waals surface area contributed by atoms with Crippen LogP contribution in [0.4, 0.5) is 0 Å². The molecule has 2 aliphatic heterocycles. The van der Waals surface area contributed by atoms with Gasteiger partial charge >= 0.3 is 0 Å². The summed E-state index contributed by atoms with van der Waals surface area (Å²) in [5.41, 5.74) is 0.115. The molecule has 1 atom stereocenters. The molecular formula is C15H22N2O4S. The van der Waals surface area contributed by atoms with Crippen molar-refractivity contribution in [3.05, 3.63) is 24.5 Å². The molecule has 22 heavy (non-hydrogen) atoms. The molecule has 2 fully saturated rings. The van der Waals surface area contributed by atoms with E-state index in [9.17, 15) is 8.42 Å². The molecule has 0 amide bonds. The SMILES string of the molecule is CS(=O)(=O)N1CCC2(CC1)CO[C@@H](COc1cccnc1)C2. The first kappa shape index (κ1) is 15.7. The summed E-state index contributed by atoms with van der Waals surface area (Å²) < 4.78 is 36.3. The van der Waals surface area contributed by atoms with Crippen molar-refractivity contribution in [3.63, 3.8) is 0 Å². The fourth-order valence-electron chi connectivity index (χ4n) is 3.26. The van der Waals surface area contributed by atoms with Gasteiger partial charge in [-0.1, -0.05) is 0 Å². The number of pyridine rings is 1. The van der Waals surface area contributed by atoms with E-state index in [2.05, 4.69) is 4.98 Å². The van der Waals surface area contributed by atoms with Gasteiger partial charge in [0.1, 0.15) is 12.4 Å². The Morgan fingerprint density at radius 1 is 1.45 bits per heavy atom. The Kier molecular flexibility index (Phi) is 4.38. The van der Waals surface area contributed by atoms with E-state index in [4.69, 9.17) is 9.47 Å². The number of aromatic nitrogens is 1. The first-order valence-electron chi connectivity index (χ1n) is 7.56. The average Bonchev–Trinajstić information content (AvgIpc) is 2.89. The fourth-order valence-corrected chi connectivity index (χ4v) is 4.11. The number of hydrogen-bond donors (Lipinski definition) is 0. The van der Waals surface area contributed by atoms with Gasteiger partial charge in [0.2, 0.25) is 10.0 Å². The van der Waals surface area contributed by atoms with Gasteiger partial charge in [0, 0.05) is 19.3 Å². The van der Waals surface area contributed by atoms with Gasteiger partial charge in [-0.05, 0) is 36.8 Å². The molecule has 0 unspecified atom stereocenters. The molecule has 1 aromatic heterocycles. The van der Waals surface area contributed by atoms with Crippen LogP contribution in [0.15, 0.2) is 24.5 Å². The highest BCUT2D eigenvalue weighted by Gasteiger charge is 2.43. The van der Waals surface area contributed by atoms with Crippen molar-refractivity contribution in [2.75, 3.05) is 32.6 Å². The van der Waals surface area contributed by atoms with Gasteiger partial charge in [-0.25, -0.2) is 12.7 Å². The Balaban J connectivity index is 1.50. The van der Waals surface area contributed by atoms with E-state index in [-0.39, 0.29) is 11.5 Å². The molecule has 0 aromatic carbocycles. The molecule has 0 radical (unpaired) electrons. The van der Waals surface area contributed by atoms with E-state index in [1.54, 1.807) is 16.7 Å². The van der Waals surface area contributed by atoms with E-state index >= 15 is 0 Å². The highest BCUT2D eigenvalue weighted by Crippen LogP contribution is 2.42. The summed E-state index contributed by atoms with van der Waals surface area (Å²) in [5, 5.41) is 0. The number of piperidine rings is 1. The van der Waals surface area contributed by atoms with Crippen molar-refractivity contribution in [1.29, 1.82) is 0 Å². The van der Waals surface area contributed by atoms with Crippen LogP contribution >= 0.6 is 0 Å². The topological polar surface area (TPSA) is 68.7 Å². The number of rotatable bonds is 4. The zero-order valence-electron chi connectivity index (χ0n) is 12.8. The molecular weight excluding hydrogens is 304 g/mol. The largest absolute Gasteiger partial charge is 0.489 e. The van der Waals surface area contributed by atoms with E-state index in [1.165, 1.54) is 6.26 Å². The molecule has 1 spiro atoms. The summed E-state index contributed by atoms with van der Waals surface area (Å²) in [6, 6.07) is 3.72. The van der Waals surface area contributed by atoms with Crippen LogP contribution < -0.4 is 4.74 Å². The summed E-state index contributed by atoms with van der Waals surface area (Å²) in [4.78, 5) is 4.02. The zero-order valence-corrected chi connectivity index (χ0v) is 13.6. The molecule has 3 heterocycles. The van der Waals surface area contributed by atoms with Crippen molar-refractivity contribution in [2.24, 2.45) is 5.41 Å². The van der Waals surface area contributed by atoms with Crippen molar-refractivity contribution >= 4 is 10.0 Å². The van der Waals surface area contributed by atoms with Crippen LogP contribution in [0.25, 0.3) is 0 Å². The van der Waals surface area contributed by atoms with E-state index < -0.39 is 10.0 Å². The van der Waals surface area contributed by atoms with Gasteiger partial charge in [0.15, 0.2) is 0 Å². The summed E-state index contributed by atoms with van der Waals surface area (Å²) in [7, 11) is -3.07. The summed E-state index contributed by atoms with van der Waals surface area (Å²) in [5.74, 6) is 0.749. The van der Waals surface area contributed by atoms with Gasteiger partial charge in [0.25, 0.3) is 0 Å². The predicted molar refractivity (Wildman–Crippen MR) is 82.2 cm³/mol. The summed E-state index contributed by atoms with van der Waals surface area (Å²) in [6.07, 6.45) is 7.42. The number of hydrogen-bond acceptors (Lipinski definition) is 5. The number of sulfonamides is 1. The van der Waals surface area contributed by atoms with Crippen LogP contribution in [-0.4, -0.2) is 56.4 Å². The molecule has 6 nitrogen and oxygen atoms in total. The third kappa shape index (κ3) is 3.59. The van der Waals surface area contributed by atoms with Gasteiger partial charge in [0.05, 0.1) is 25.2 Å². The van der Waals surface area contributed by atoms with E-state index in [1.807, 2.05) is 12.1 Å². The van der Waals surface area contributed by atoms with Crippen LogP contribution in [-0.2, 0) is 14.8 Å². The van der Waals surface area contributed by atoms with Crippen LogP contribution in [0.1, 0.15) is 19.3 Å². The molecule has 2 aliphatic rings. The standard InChI is InChI=1S/C15H22N2O4S/c1-22(18,19)17-7-4-15(5-8-17)9-14(21-12-15)11-20-13-3-2-6-16-10-13/h2-3,6,10,14H,4-5,7-9,11-12H2,1H3/t14-/m1/s1. The second-order valence-electron chi connectivity index (χ2n) is 6.30. The Labute approximate surface area is 131 Å². The van der Waals surface area contributed by atoms with Crippen LogP contribution in [0, 0.1) is 5.41 Å². The molecule has 2 saturated heterocycles. The first-order chi connectivity index (χ1) is 10.5. The Morgan fingerprint density at radius 3 is 2.86 bits per heavy atom. The lowest BCUT2D eigenvalue weighted by Gasteiger charge is -2.37. The molecule has 0 saturated carbocycles. The third-order valence-electron chi connectivity index (χ3n) is 4.61. The minimum atomic E-state index is -3.07. The molecule has 0 aliphatic carbocycles. The fraction of sp³-hybridized carbons (Fsp3) is 0.667. The van der Waals surface area contributed by atoms with Gasteiger partial charge in [-0.15, -0.1) is 0 Å². The summed E-state index contributed by atoms with van der Waals surface area (Å²) in [6.45, 7) is 2.41. The highest BCUT2D eigenvalue weighted by molar-refractivity contribution is 7.88. The van der Waals surface area contributed by atoms with Crippen molar-refractivity contribution in [3.8, 4) is 5.75 Å². The van der Waals surface area contributed by atoms with Gasteiger partial charge in [-0.2, -0.15) is 0 Å².